The second-order valence-corrected chi connectivity index (χ2v) is 17.3. The first-order valence-corrected chi connectivity index (χ1v) is 20.6. The van der Waals surface area contributed by atoms with Gasteiger partial charge in [0.1, 0.15) is 24.8 Å². The molecule has 2 aromatic heterocycles. The highest BCUT2D eigenvalue weighted by Gasteiger charge is 2.47. The molecule has 0 radical (unpaired) electrons. The molecule has 0 aliphatic carbocycles. The van der Waals surface area contributed by atoms with Crippen molar-refractivity contribution < 1.29 is 82.3 Å². The van der Waals surface area contributed by atoms with Gasteiger partial charge < -0.3 is 8.25 Å². The third-order valence-electron chi connectivity index (χ3n) is 5.49. The largest absolute Gasteiger partial charge is 0.480 e. The minimum atomic E-state index is -6.72. The first-order chi connectivity index (χ1) is 22.8. The number of aryl methyl sites for hydroxylation is 4. The van der Waals surface area contributed by atoms with Gasteiger partial charge in [-0.15, -0.1) is 0 Å². The van der Waals surface area contributed by atoms with Crippen molar-refractivity contribution in [2.45, 2.75) is 94.8 Å². The van der Waals surface area contributed by atoms with Crippen molar-refractivity contribution in [3.8, 4) is 0 Å². The molecule has 0 saturated carbocycles. The van der Waals surface area contributed by atoms with Crippen molar-refractivity contribution in [3.63, 3.8) is 0 Å². The van der Waals surface area contributed by atoms with E-state index in [1.165, 1.54) is 57.9 Å². The lowest BCUT2D eigenvalue weighted by Gasteiger charge is -2.22. The number of hydrogen-bond donors (Lipinski definition) is 0. The normalized spacial score (nSPS) is 12.9. The zero-order chi connectivity index (χ0) is 40.5. The van der Waals surface area contributed by atoms with Crippen LogP contribution >= 0.6 is 0 Å². The van der Waals surface area contributed by atoms with E-state index in [0.29, 0.717) is 0 Å². The maximum absolute atomic E-state index is 11.4. The van der Waals surface area contributed by atoms with E-state index < -0.39 is 56.6 Å². The van der Waals surface area contributed by atoms with E-state index >= 15 is 0 Å². The van der Waals surface area contributed by atoms with Crippen molar-refractivity contribution in [1.82, 2.24) is 9.13 Å². The van der Waals surface area contributed by atoms with Gasteiger partial charge in [-0.3, -0.25) is 0 Å². The molecule has 0 N–H and O–H groups in total. The van der Waals surface area contributed by atoms with Crippen LogP contribution in [0.4, 0.5) is 39.5 Å². The van der Waals surface area contributed by atoms with Gasteiger partial charge in [0.05, 0.1) is 37.2 Å². The molecule has 2 rings (SSSR count). The molecule has 0 aliphatic heterocycles. The molecule has 51 heavy (non-hydrogen) atoms. The SMILES string of the molecule is CCCCCCCCn1cc[n+](C)c1.CCCCn1cc[n+](C)c1.CS(=O)(=O)[N-]S(=O)(=O)C(F)(F)F.O=S(=O)([N-]S(=O)(=O)C(F)(F)F)C(F)(F)F. The fraction of sp³-hybridized carbons (Fsp3) is 0.750. The highest BCUT2D eigenvalue weighted by atomic mass is 32.3. The summed E-state index contributed by atoms with van der Waals surface area (Å²) in [6, 6.07) is 0. The highest BCUT2D eigenvalue weighted by Crippen LogP contribution is 2.36. The quantitative estimate of drug-likeness (QED) is 0.145. The van der Waals surface area contributed by atoms with Crippen LogP contribution in [0.1, 0.15) is 65.2 Å². The molecule has 0 bridgehead atoms. The van der Waals surface area contributed by atoms with Crippen molar-refractivity contribution in [2.75, 3.05) is 6.26 Å². The summed E-state index contributed by atoms with van der Waals surface area (Å²) < 4.78 is 194. The lowest BCUT2D eigenvalue weighted by atomic mass is 10.1. The van der Waals surface area contributed by atoms with Gasteiger partial charge in [-0.25, -0.2) is 51.9 Å². The lowest BCUT2D eigenvalue weighted by Crippen LogP contribution is -2.30. The molecule has 302 valence electrons. The minimum absolute atomic E-state index is 0.246. The molecule has 0 spiro atoms. The maximum atomic E-state index is 11.4. The van der Waals surface area contributed by atoms with Crippen molar-refractivity contribution in [1.29, 1.82) is 0 Å². The molecule has 0 saturated heterocycles. The second-order valence-electron chi connectivity index (χ2n) is 10.4. The van der Waals surface area contributed by atoms with Crippen LogP contribution in [-0.4, -0.2) is 65.6 Å². The number of aromatic nitrogens is 4. The monoisotopic (exact) mass is 840 g/mol. The summed E-state index contributed by atoms with van der Waals surface area (Å²) in [6.07, 6.45) is 23.7. The summed E-state index contributed by atoms with van der Waals surface area (Å²) in [5.74, 6) is 0. The number of unbranched alkanes of at least 4 members (excludes halogenated alkanes) is 6. The molecule has 0 amide bonds. The summed E-state index contributed by atoms with van der Waals surface area (Å²) >= 11 is 0. The van der Waals surface area contributed by atoms with E-state index in [-0.39, 0.29) is 6.26 Å². The number of alkyl halides is 9. The summed E-state index contributed by atoms with van der Waals surface area (Å²) in [6.45, 7) is 6.80. The van der Waals surface area contributed by atoms with E-state index in [4.69, 9.17) is 0 Å². The van der Waals surface area contributed by atoms with Gasteiger partial charge in [0.2, 0.25) is 12.7 Å². The molecule has 14 nitrogen and oxygen atoms in total. The van der Waals surface area contributed by atoms with E-state index in [1.54, 1.807) is 4.13 Å². The molecule has 0 fully saturated rings. The van der Waals surface area contributed by atoms with Crippen LogP contribution in [0.25, 0.3) is 8.25 Å². The summed E-state index contributed by atoms with van der Waals surface area (Å²) in [4.78, 5) is 0. The fourth-order valence-electron chi connectivity index (χ4n) is 3.12. The Balaban J connectivity index is 0. The second kappa shape index (κ2) is 21.3. The van der Waals surface area contributed by atoms with Gasteiger partial charge in [-0.2, -0.15) is 39.5 Å². The zero-order valence-electron chi connectivity index (χ0n) is 28.0. The Labute approximate surface area is 291 Å². The van der Waals surface area contributed by atoms with Crippen molar-refractivity contribution in [3.05, 3.63) is 45.7 Å². The van der Waals surface area contributed by atoms with Gasteiger partial charge in [-0.1, -0.05) is 46.0 Å². The highest BCUT2D eigenvalue weighted by molar-refractivity contribution is 8.13. The van der Waals surface area contributed by atoms with Crippen LogP contribution < -0.4 is 9.13 Å². The van der Waals surface area contributed by atoms with Gasteiger partial charge in [0, 0.05) is 6.26 Å². The fourth-order valence-corrected chi connectivity index (χ4v) is 6.59. The molecule has 2 heterocycles. The van der Waals surface area contributed by atoms with Crippen molar-refractivity contribution >= 4 is 40.1 Å². The van der Waals surface area contributed by atoms with Gasteiger partial charge in [0.15, 0.2) is 30.1 Å². The summed E-state index contributed by atoms with van der Waals surface area (Å²) in [5.41, 5.74) is -18.1. The molecule has 0 aliphatic rings. The average molecular weight is 841 g/mol. The van der Waals surface area contributed by atoms with E-state index in [2.05, 4.69) is 76.6 Å². The molecule has 27 heteroatoms. The van der Waals surface area contributed by atoms with E-state index in [1.807, 2.05) is 7.05 Å². The van der Waals surface area contributed by atoms with Gasteiger partial charge in [0.25, 0.3) is 0 Å². The Kier molecular flexibility index (Phi) is 21.1. The first-order valence-electron chi connectivity index (χ1n) is 14.5. The van der Waals surface area contributed by atoms with Crippen LogP contribution in [0.3, 0.4) is 0 Å². The third kappa shape index (κ3) is 22.2. The third-order valence-corrected chi connectivity index (χ3v) is 10.7. The molecular weight excluding hydrogens is 800 g/mol. The number of imidazole rings is 2. The number of halogens is 9. The Bertz CT molecular complexity index is 1700. The van der Waals surface area contributed by atoms with Crippen molar-refractivity contribution in [2.24, 2.45) is 14.1 Å². The topological polar surface area (TPSA) is 182 Å². The predicted octanol–water partition coefficient (Wildman–Crippen LogP) is 5.01. The minimum Gasteiger partial charge on any atom is -0.429 e. The number of rotatable bonds is 14. The average Bonchev–Trinajstić information content (AvgIpc) is 3.54. The predicted molar refractivity (Wildman–Crippen MR) is 166 cm³/mol. The zero-order valence-corrected chi connectivity index (χ0v) is 31.3. The van der Waals surface area contributed by atoms with Crippen LogP contribution in [0.2, 0.25) is 0 Å². The Hall–Kier alpha value is -2.49. The van der Waals surface area contributed by atoms with Crippen LogP contribution in [0.15, 0.2) is 37.4 Å². The number of sulfonamides is 4. The Morgan fingerprint density at radius 2 is 0.843 bits per heavy atom. The molecular formula is C24H41F9N6O8S4. The van der Waals surface area contributed by atoms with Crippen LogP contribution in [-0.2, 0) is 67.3 Å². The molecule has 0 aromatic carbocycles. The number of hydrogen-bond acceptors (Lipinski definition) is 8. The molecule has 0 atom stereocenters. The standard InChI is InChI=1S/C12H23N2.C8H15N2.C2F6NO4S2.C2H3F3NO4S2/c1-3-4-5-6-7-8-9-14-11-10-13(2)12-14;1-3-4-5-10-7-6-9(2)8-10;3-1(4,5)14(10,11)9-15(12,13)2(6,7)8;1-11(7,8)6-12(9,10)2(3,4)5/h10-12H,3-9H2,1-2H3;6-8H,3-5H2,1-2H3;;1H3/q2*+1;2*-1. The van der Waals surface area contributed by atoms with E-state index in [9.17, 15) is 73.2 Å². The maximum Gasteiger partial charge on any atom is 0.480 e. The van der Waals surface area contributed by atoms with Crippen LogP contribution in [0, 0.1) is 0 Å². The lowest BCUT2D eigenvalue weighted by molar-refractivity contribution is -0.671. The van der Waals surface area contributed by atoms with Gasteiger partial charge in [-0.05, 0) is 19.3 Å². The summed E-state index contributed by atoms with van der Waals surface area (Å²) in [7, 11) is -19.8. The van der Waals surface area contributed by atoms with E-state index in [0.717, 1.165) is 10.7 Å². The summed E-state index contributed by atoms with van der Waals surface area (Å²) in [5, 5.41) is 0. The number of nitrogens with zero attached hydrogens (tertiary/aromatic N) is 6. The Morgan fingerprint density at radius 3 is 1.12 bits per heavy atom. The molecule has 0 unspecified atom stereocenters. The molecule has 2 aromatic rings. The Morgan fingerprint density at radius 1 is 0.529 bits per heavy atom. The smallest absolute Gasteiger partial charge is 0.429 e. The first kappa shape index (κ1) is 50.6. The van der Waals surface area contributed by atoms with Crippen LogP contribution in [0.5, 0.6) is 0 Å². The van der Waals surface area contributed by atoms with Gasteiger partial charge >= 0.3 is 16.5 Å².